The van der Waals surface area contributed by atoms with Crippen LogP contribution in [0.3, 0.4) is 0 Å². The lowest BCUT2D eigenvalue weighted by Crippen LogP contribution is -2.31. The van der Waals surface area contributed by atoms with Gasteiger partial charge in [-0.05, 0) is 18.6 Å². The average molecular weight is 261 g/mol. The number of rotatable bonds is 5. The molecule has 1 aromatic carbocycles. The van der Waals surface area contributed by atoms with Crippen molar-refractivity contribution in [1.29, 1.82) is 0 Å². The lowest BCUT2D eigenvalue weighted by molar-refractivity contribution is 0.415. The highest BCUT2D eigenvalue weighted by atomic mass is 16.5. The second-order valence-electron chi connectivity index (χ2n) is 5.53. The van der Waals surface area contributed by atoms with Crippen molar-refractivity contribution in [1.82, 2.24) is 9.55 Å². The fourth-order valence-corrected chi connectivity index (χ4v) is 2.29. The van der Waals surface area contributed by atoms with Crippen LogP contribution in [0.4, 0.5) is 0 Å². The first kappa shape index (κ1) is 13.9. The van der Waals surface area contributed by atoms with Gasteiger partial charge in [0.25, 0.3) is 0 Å². The van der Waals surface area contributed by atoms with Crippen molar-refractivity contribution in [2.75, 3.05) is 13.7 Å². The van der Waals surface area contributed by atoms with Gasteiger partial charge in [0.2, 0.25) is 0 Å². The number of hydrogen-bond acceptors (Lipinski definition) is 3. The molecule has 2 aromatic rings. The van der Waals surface area contributed by atoms with Crippen molar-refractivity contribution >= 4 is 11.0 Å². The maximum atomic E-state index is 5.90. The molecule has 1 aromatic heterocycles. The molecule has 0 bridgehead atoms. The summed E-state index contributed by atoms with van der Waals surface area (Å²) in [6.07, 6.45) is 1.07. The summed E-state index contributed by atoms with van der Waals surface area (Å²) < 4.78 is 7.55. The van der Waals surface area contributed by atoms with Gasteiger partial charge in [-0.25, -0.2) is 4.98 Å². The van der Waals surface area contributed by atoms with Crippen LogP contribution in [0, 0.1) is 0 Å². The van der Waals surface area contributed by atoms with E-state index in [4.69, 9.17) is 15.5 Å². The fraction of sp³-hybridized carbons (Fsp3) is 0.533. The Balaban J connectivity index is 2.65. The number of ether oxygens (including phenoxy) is 1. The Labute approximate surface area is 114 Å². The Kier molecular flexibility index (Phi) is 3.80. The predicted octanol–water partition coefficient (Wildman–Crippen LogP) is 2.69. The molecule has 19 heavy (non-hydrogen) atoms. The second kappa shape index (κ2) is 5.21. The molecule has 104 valence electrons. The van der Waals surface area contributed by atoms with Crippen LogP contribution in [0.1, 0.15) is 33.0 Å². The van der Waals surface area contributed by atoms with Crippen LogP contribution in [0.2, 0.25) is 0 Å². The zero-order valence-electron chi connectivity index (χ0n) is 12.2. The number of benzene rings is 1. The highest BCUT2D eigenvalue weighted by Gasteiger charge is 2.26. The fourth-order valence-electron chi connectivity index (χ4n) is 2.29. The zero-order chi connectivity index (χ0) is 14.0. The quantitative estimate of drug-likeness (QED) is 0.900. The smallest absolute Gasteiger partial charge is 0.121 e. The summed E-state index contributed by atoms with van der Waals surface area (Å²) in [5.74, 6) is 1.89. The van der Waals surface area contributed by atoms with Crippen LogP contribution in [-0.4, -0.2) is 23.2 Å². The van der Waals surface area contributed by atoms with Crippen LogP contribution < -0.4 is 10.5 Å². The van der Waals surface area contributed by atoms with Gasteiger partial charge in [0.15, 0.2) is 0 Å². The van der Waals surface area contributed by atoms with Crippen molar-refractivity contribution in [2.45, 2.75) is 39.2 Å². The van der Waals surface area contributed by atoms with Crippen LogP contribution in [0.5, 0.6) is 5.75 Å². The van der Waals surface area contributed by atoms with Gasteiger partial charge >= 0.3 is 0 Å². The predicted molar refractivity (Wildman–Crippen MR) is 78.7 cm³/mol. The van der Waals surface area contributed by atoms with Crippen molar-refractivity contribution in [3.05, 3.63) is 24.0 Å². The largest absolute Gasteiger partial charge is 0.497 e. The molecule has 0 aliphatic carbocycles. The summed E-state index contributed by atoms with van der Waals surface area (Å²) in [5.41, 5.74) is 7.91. The average Bonchev–Trinajstić information content (AvgIpc) is 2.78. The SMILES string of the molecule is CCCn1c(C(C)(C)CN)nc2cc(OC)ccc21. The van der Waals surface area contributed by atoms with Gasteiger partial charge in [0.05, 0.1) is 18.1 Å². The number of aryl methyl sites for hydroxylation is 1. The van der Waals surface area contributed by atoms with E-state index in [9.17, 15) is 0 Å². The first-order valence-electron chi connectivity index (χ1n) is 6.78. The summed E-state index contributed by atoms with van der Waals surface area (Å²) in [6, 6.07) is 6.04. The first-order chi connectivity index (χ1) is 9.03. The standard InChI is InChI=1S/C15H23N3O/c1-5-8-18-13-7-6-11(19-4)9-12(13)17-14(18)15(2,3)10-16/h6-7,9H,5,8,10,16H2,1-4H3. The minimum atomic E-state index is -0.124. The highest BCUT2D eigenvalue weighted by Crippen LogP contribution is 2.28. The Morgan fingerprint density at radius 2 is 2.11 bits per heavy atom. The van der Waals surface area contributed by atoms with Crippen LogP contribution in [-0.2, 0) is 12.0 Å². The number of methoxy groups -OCH3 is 1. The van der Waals surface area contributed by atoms with Gasteiger partial charge in [-0.3, -0.25) is 0 Å². The zero-order valence-corrected chi connectivity index (χ0v) is 12.2. The molecule has 0 saturated heterocycles. The van der Waals surface area contributed by atoms with Crippen molar-refractivity contribution in [3.8, 4) is 5.75 Å². The highest BCUT2D eigenvalue weighted by molar-refractivity contribution is 5.78. The summed E-state index contributed by atoms with van der Waals surface area (Å²) in [4.78, 5) is 4.79. The van der Waals surface area contributed by atoms with E-state index in [-0.39, 0.29) is 5.41 Å². The molecule has 0 saturated carbocycles. The van der Waals surface area contributed by atoms with Crippen molar-refractivity contribution in [2.24, 2.45) is 5.73 Å². The number of nitrogens with zero attached hydrogens (tertiary/aromatic N) is 2. The number of imidazole rings is 1. The molecule has 4 nitrogen and oxygen atoms in total. The number of nitrogens with two attached hydrogens (primary N) is 1. The van der Waals surface area contributed by atoms with Crippen molar-refractivity contribution < 1.29 is 4.74 Å². The molecule has 1 heterocycles. The van der Waals surface area contributed by atoms with E-state index < -0.39 is 0 Å². The van der Waals surface area contributed by atoms with Gasteiger partial charge < -0.3 is 15.0 Å². The molecule has 2 rings (SSSR count). The topological polar surface area (TPSA) is 53.1 Å². The van der Waals surface area contributed by atoms with Gasteiger partial charge in [0, 0.05) is 24.6 Å². The molecule has 0 radical (unpaired) electrons. The molecule has 0 atom stereocenters. The second-order valence-corrected chi connectivity index (χ2v) is 5.53. The van der Waals surface area contributed by atoms with E-state index in [0.29, 0.717) is 6.54 Å². The molecule has 0 fully saturated rings. The van der Waals surface area contributed by atoms with Crippen LogP contribution in [0.25, 0.3) is 11.0 Å². The third kappa shape index (κ3) is 2.45. The normalized spacial score (nSPS) is 12.1. The van der Waals surface area contributed by atoms with E-state index in [2.05, 4.69) is 31.4 Å². The molecule has 2 N–H and O–H groups in total. The third-order valence-corrected chi connectivity index (χ3v) is 3.52. The summed E-state index contributed by atoms with van der Waals surface area (Å²) >= 11 is 0. The summed E-state index contributed by atoms with van der Waals surface area (Å²) in [7, 11) is 1.68. The van der Waals surface area contributed by atoms with Gasteiger partial charge in [-0.15, -0.1) is 0 Å². The minimum Gasteiger partial charge on any atom is -0.497 e. The van der Waals surface area contributed by atoms with Crippen LogP contribution in [0.15, 0.2) is 18.2 Å². The molecule has 0 amide bonds. The Morgan fingerprint density at radius 1 is 1.37 bits per heavy atom. The molecular weight excluding hydrogens is 238 g/mol. The molecular formula is C15H23N3O. The van der Waals surface area contributed by atoms with E-state index in [1.807, 2.05) is 12.1 Å². The summed E-state index contributed by atoms with van der Waals surface area (Å²) in [6.45, 7) is 7.99. The molecule has 0 unspecified atom stereocenters. The first-order valence-corrected chi connectivity index (χ1v) is 6.78. The number of fused-ring (bicyclic) bond motifs is 1. The molecule has 4 heteroatoms. The van der Waals surface area contributed by atoms with E-state index in [1.54, 1.807) is 7.11 Å². The monoisotopic (exact) mass is 261 g/mol. The number of aromatic nitrogens is 2. The lowest BCUT2D eigenvalue weighted by Gasteiger charge is -2.23. The Bertz CT molecular complexity index is 572. The van der Waals surface area contributed by atoms with E-state index in [0.717, 1.165) is 35.6 Å². The maximum absolute atomic E-state index is 5.90. The Hall–Kier alpha value is -1.55. The van der Waals surface area contributed by atoms with E-state index >= 15 is 0 Å². The molecule has 0 spiro atoms. The molecule has 0 aliphatic rings. The molecule has 0 aliphatic heterocycles. The summed E-state index contributed by atoms with van der Waals surface area (Å²) in [5, 5.41) is 0. The number of hydrogen-bond donors (Lipinski definition) is 1. The van der Waals surface area contributed by atoms with Gasteiger partial charge in [-0.2, -0.15) is 0 Å². The minimum absolute atomic E-state index is 0.124. The van der Waals surface area contributed by atoms with Crippen molar-refractivity contribution in [3.63, 3.8) is 0 Å². The Morgan fingerprint density at radius 3 is 2.68 bits per heavy atom. The van der Waals surface area contributed by atoms with Gasteiger partial charge in [0.1, 0.15) is 11.6 Å². The van der Waals surface area contributed by atoms with Crippen LogP contribution >= 0.6 is 0 Å². The lowest BCUT2D eigenvalue weighted by atomic mass is 9.92. The van der Waals surface area contributed by atoms with E-state index in [1.165, 1.54) is 0 Å². The van der Waals surface area contributed by atoms with Gasteiger partial charge in [-0.1, -0.05) is 20.8 Å². The maximum Gasteiger partial charge on any atom is 0.121 e. The third-order valence-electron chi connectivity index (χ3n) is 3.52.